The van der Waals surface area contributed by atoms with Gasteiger partial charge in [-0.15, -0.1) is 0 Å². The number of imide groups is 1. The number of methoxy groups -OCH3 is 1. The minimum absolute atomic E-state index is 0.0651. The van der Waals surface area contributed by atoms with Crippen LogP contribution in [0.4, 0.5) is 0 Å². The van der Waals surface area contributed by atoms with Crippen LogP contribution in [0.25, 0.3) is 0 Å². The first-order valence-corrected chi connectivity index (χ1v) is 17.8. The van der Waals surface area contributed by atoms with Gasteiger partial charge in [-0.2, -0.15) is 0 Å². The monoisotopic (exact) mass is 730 g/mol. The van der Waals surface area contributed by atoms with Crippen molar-refractivity contribution in [3.63, 3.8) is 0 Å². The van der Waals surface area contributed by atoms with Crippen molar-refractivity contribution in [2.75, 3.05) is 107 Å². The predicted molar refractivity (Wildman–Crippen MR) is 188 cm³/mol. The molecule has 2 N–H and O–H groups in total. The van der Waals surface area contributed by atoms with Crippen molar-refractivity contribution in [2.24, 2.45) is 5.92 Å². The molecule has 0 radical (unpaired) electrons. The van der Waals surface area contributed by atoms with E-state index in [9.17, 15) is 24.0 Å². The highest BCUT2D eigenvalue weighted by Gasteiger charge is 2.33. The van der Waals surface area contributed by atoms with Crippen LogP contribution in [0.1, 0.15) is 53.9 Å². The molecule has 0 aliphatic carbocycles. The first-order chi connectivity index (χ1) is 24.4. The summed E-state index contributed by atoms with van der Waals surface area (Å²) in [4.78, 5) is 63.8. The third kappa shape index (κ3) is 18.9. The molecule has 51 heavy (non-hydrogen) atoms. The maximum Gasteiger partial charge on any atom is 0.253 e. The molecule has 0 saturated heterocycles. The van der Waals surface area contributed by atoms with E-state index in [2.05, 4.69) is 24.5 Å². The van der Waals surface area contributed by atoms with Gasteiger partial charge in [0.25, 0.3) is 11.8 Å². The fourth-order valence-electron chi connectivity index (χ4n) is 5.10. The Morgan fingerprint density at radius 2 is 1.22 bits per heavy atom. The first kappa shape index (κ1) is 46.0. The van der Waals surface area contributed by atoms with E-state index in [0.29, 0.717) is 66.1 Å². The van der Waals surface area contributed by atoms with Gasteiger partial charge < -0.3 is 48.7 Å². The van der Waals surface area contributed by atoms with Crippen LogP contribution in [0.15, 0.2) is 12.2 Å². The largest absolute Gasteiger partial charge is 0.379 e. The molecule has 3 atom stereocenters. The highest BCUT2D eigenvalue weighted by molar-refractivity contribution is 6.12. The molecule has 0 aromatic rings. The SMILES string of the molecule is CCC(C)C(C(CC)OC)N(C)C(=O)CNC(=O)C(C)(C)NC(=O)CCOCCOCCOCCOCCOCCOCCN1C(=O)C=CC1=O. The topological polar surface area (TPSA) is 180 Å². The van der Waals surface area contributed by atoms with Crippen LogP contribution in [-0.4, -0.2) is 164 Å². The maximum atomic E-state index is 12.9. The molecule has 294 valence electrons. The molecule has 0 aromatic heterocycles. The minimum atomic E-state index is -1.22. The van der Waals surface area contributed by atoms with Crippen molar-refractivity contribution < 1.29 is 57.1 Å². The summed E-state index contributed by atoms with van der Waals surface area (Å²) in [5, 5.41) is 5.36. The fourth-order valence-corrected chi connectivity index (χ4v) is 5.10. The van der Waals surface area contributed by atoms with Crippen LogP contribution in [-0.2, 0) is 57.1 Å². The lowest BCUT2D eigenvalue weighted by Gasteiger charge is -2.37. The van der Waals surface area contributed by atoms with Crippen molar-refractivity contribution >= 4 is 29.5 Å². The number of ether oxygens (including phenoxy) is 7. The van der Waals surface area contributed by atoms with E-state index >= 15 is 0 Å². The Morgan fingerprint density at radius 1 is 0.765 bits per heavy atom. The number of nitrogens with zero attached hydrogens (tertiary/aromatic N) is 2. The number of amides is 5. The molecule has 1 heterocycles. The second-order valence-electron chi connectivity index (χ2n) is 12.5. The summed E-state index contributed by atoms with van der Waals surface area (Å²) in [6.45, 7) is 13.6. The van der Waals surface area contributed by atoms with Gasteiger partial charge in [-0.25, -0.2) is 0 Å². The molecule has 0 aromatic carbocycles. The zero-order valence-electron chi connectivity index (χ0n) is 31.7. The van der Waals surface area contributed by atoms with Gasteiger partial charge in [-0.1, -0.05) is 27.2 Å². The van der Waals surface area contributed by atoms with Crippen LogP contribution >= 0.6 is 0 Å². The quantitative estimate of drug-likeness (QED) is 0.0755. The van der Waals surface area contributed by atoms with Crippen molar-refractivity contribution in [3.05, 3.63) is 12.2 Å². The number of rotatable bonds is 31. The number of likely N-dealkylation sites (N-methyl/N-ethyl adjacent to an activating group) is 1. The summed E-state index contributed by atoms with van der Waals surface area (Å²) in [6, 6.07) is -0.121. The zero-order valence-corrected chi connectivity index (χ0v) is 31.7. The predicted octanol–water partition coefficient (Wildman–Crippen LogP) is 0.710. The normalized spacial score (nSPS) is 14.8. The standard InChI is InChI=1S/C35H62N4O12/c1-8-27(3)33(28(9-2)45-7)38(6)32(43)26-36-34(44)35(4,5)37-29(40)12-14-46-16-18-48-20-22-50-24-25-51-23-21-49-19-17-47-15-13-39-30(41)10-11-31(39)42/h10-11,27-28,33H,8-9,12-26H2,1-7H3,(H,36,44)(H,37,40). The summed E-state index contributed by atoms with van der Waals surface area (Å²) in [5.41, 5.74) is -1.22. The van der Waals surface area contributed by atoms with Gasteiger partial charge in [-0.05, 0) is 26.2 Å². The first-order valence-electron chi connectivity index (χ1n) is 17.8. The number of hydrogen-bond donors (Lipinski definition) is 2. The van der Waals surface area contributed by atoms with Crippen molar-refractivity contribution in [1.82, 2.24) is 20.4 Å². The smallest absolute Gasteiger partial charge is 0.253 e. The molecule has 3 unspecified atom stereocenters. The van der Waals surface area contributed by atoms with E-state index in [-0.39, 0.29) is 74.4 Å². The molecular weight excluding hydrogens is 668 g/mol. The molecule has 5 amide bonds. The summed E-state index contributed by atoms with van der Waals surface area (Å²) in [7, 11) is 3.37. The summed E-state index contributed by atoms with van der Waals surface area (Å²) in [5.74, 6) is -1.47. The third-order valence-corrected chi connectivity index (χ3v) is 8.27. The second-order valence-corrected chi connectivity index (χ2v) is 12.5. The minimum Gasteiger partial charge on any atom is -0.379 e. The summed E-state index contributed by atoms with van der Waals surface area (Å²) in [6.07, 6.45) is 4.08. The van der Waals surface area contributed by atoms with E-state index in [4.69, 9.17) is 33.2 Å². The van der Waals surface area contributed by atoms with Crippen LogP contribution in [0.3, 0.4) is 0 Å². The molecule has 1 rings (SSSR count). The number of hydrogen-bond acceptors (Lipinski definition) is 12. The summed E-state index contributed by atoms with van der Waals surface area (Å²) >= 11 is 0. The lowest BCUT2D eigenvalue weighted by atomic mass is 9.91. The van der Waals surface area contributed by atoms with Gasteiger partial charge in [0.2, 0.25) is 17.7 Å². The van der Waals surface area contributed by atoms with Gasteiger partial charge in [0, 0.05) is 32.7 Å². The van der Waals surface area contributed by atoms with Crippen LogP contribution in [0.5, 0.6) is 0 Å². The van der Waals surface area contributed by atoms with E-state index < -0.39 is 11.4 Å². The Labute approximate surface area is 303 Å². The Kier molecular flexibility index (Phi) is 24.1. The molecule has 1 aliphatic rings. The number of carbonyl (C=O) groups is 5. The Bertz CT molecular complexity index is 1050. The molecule has 0 bridgehead atoms. The molecule has 16 heteroatoms. The zero-order chi connectivity index (χ0) is 38.1. The Hall–Kier alpha value is -2.99. The van der Waals surface area contributed by atoms with E-state index in [1.165, 1.54) is 12.2 Å². The lowest BCUT2D eigenvalue weighted by Crippen LogP contribution is -2.57. The average Bonchev–Trinajstić information content (AvgIpc) is 3.43. The van der Waals surface area contributed by atoms with E-state index in [1.54, 1.807) is 32.9 Å². The molecular formula is C35H62N4O12. The number of carbonyl (C=O) groups excluding carboxylic acids is 5. The maximum absolute atomic E-state index is 12.9. The fraction of sp³-hybridized carbons (Fsp3) is 0.800. The van der Waals surface area contributed by atoms with E-state index in [0.717, 1.165) is 17.7 Å². The van der Waals surface area contributed by atoms with Crippen LogP contribution in [0, 0.1) is 5.92 Å². The molecule has 0 saturated carbocycles. The summed E-state index contributed by atoms with van der Waals surface area (Å²) < 4.78 is 38.2. The molecule has 1 aliphatic heterocycles. The Morgan fingerprint density at radius 3 is 1.65 bits per heavy atom. The van der Waals surface area contributed by atoms with Crippen LogP contribution in [0.2, 0.25) is 0 Å². The van der Waals surface area contributed by atoms with Crippen LogP contribution < -0.4 is 10.6 Å². The third-order valence-electron chi connectivity index (χ3n) is 8.27. The highest BCUT2D eigenvalue weighted by Crippen LogP contribution is 2.21. The lowest BCUT2D eigenvalue weighted by molar-refractivity contribution is -0.139. The van der Waals surface area contributed by atoms with Crippen molar-refractivity contribution in [2.45, 2.75) is 71.6 Å². The van der Waals surface area contributed by atoms with Gasteiger partial charge in [0.15, 0.2) is 0 Å². The highest BCUT2D eigenvalue weighted by atomic mass is 16.6. The van der Waals surface area contributed by atoms with Crippen molar-refractivity contribution in [3.8, 4) is 0 Å². The van der Waals surface area contributed by atoms with Crippen molar-refractivity contribution in [1.29, 1.82) is 0 Å². The average molecular weight is 731 g/mol. The molecule has 0 fully saturated rings. The molecule has 0 spiro atoms. The second kappa shape index (κ2) is 26.7. The van der Waals surface area contributed by atoms with Gasteiger partial charge in [-0.3, -0.25) is 28.9 Å². The van der Waals surface area contributed by atoms with Gasteiger partial charge in [0.1, 0.15) is 5.54 Å². The van der Waals surface area contributed by atoms with E-state index in [1.807, 2.05) is 6.92 Å². The van der Waals surface area contributed by atoms with Gasteiger partial charge >= 0.3 is 0 Å². The Balaban J connectivity index is 2.01. The molecule has 16 nitrogen and oxygen atoms in total. The number of nitrogens with one attached hydrogen (secondary N) is 2. The van der Waals surface area contributed by atoms with Gasteiger partial charge in [0.05, 0.1) is 105 Å².